The Labute approximate surface area is 160 Å². The summed E-state index contributed by atoms with van der Waals surface area (Å²) in [5.41, 5.74) is 2.01. The van der Waals surface area contributed by atoms with Gasteiger partial charge in [0.05, 0.1) is 28.9 Å². The Morgan fingerprint density at radius 1 is 1.16 bits per heavy atom. The van der Waals surface area contributed by atoms with E-state index in [1.807, 2.05) is 77.9 Å². The van der Waals surface area contributed by atoms with Crippen molar-refractivity contribution in [1.29, 1.82) is 0 Å². The minimum Gasteiger partial charge on any atom is -0.378 e. The molecule has 1 N–H and O–H groups in total. The molecule has 0 fully saturated rings. The fourth-order valence-corrected chi connectivity index (χ4v) is 6.60. The number of benzene rings is 1. The number of anilines is 1. The predicted octanol–water partition coefficient (Wildman–Crippen LogP) is 4.19. The van der Waals surface area contributed by atoms with E-state index in [2.05, 4.69) is 4.72 Å². The summed E-state index contributed by atoms with van der Waals surface area (Å²) in [5.74, 6) is -0.432. The molecule has 5 nitrogen and oxygen atoms in total. The molecule has 1 unspecified atom stereocenters. The monoisotopic (exact) mass is 406 g/mol. The fourth-order valence-electron chi connectivity index (χ4n) is 2.09. The maximum atomic E-state index is 12.7. The van der Waals surface area contributed by atoms with Crippen molar-refractivity contribution in [1.82, 2.24) is 4.72 Å². The van der Waals surface area contributed by atoms with E-state index >= 15 is 0 Å². The van der Waals surface area contributed by atoms with Crippen LogP contribution in [0.5, 0.6) is 0 Å². The number of hydrogen-bond donors (Lipinski definition) is 1. The van der Waals surface area contributed by atoms with Crippen LogP contribution in [-0.2, 0) is 31.8 Å². The summed E-state index contributed by atoms with van der Waals surface area (Å²) in [7, 11) is 2.69. The second-order valence-corrected chi connectivity index (χ2v) is 12.4. The van der Waals surface area contributed by atoms with Gasteiger partial charge in [-0.25, -0.2) is 8.93 Å². The normalized spacial score (nSPS) is 15.0. The third-order valence-electron chi connectivity index (χ3n) is 3.43. The molecule has 1 aromatic rings. The zero-order valence-electron chi connectivity index (χ0n) is 16.2. The molecule has 0 radical (unpaired) electrons. The molecule has 0 spiro atoms. The standard InChI is InChI=1S/C17H31N2O3PS2/c1-8-21-23(24,22-9-2)16(18-25(20)17(3,4)5)14-10-12-15(13-11-14)19(6)7/h10-13,16,18H,8-9H2,1-7H3/t16-,25?/m1/s1. The van der Waals surface area contributed by atoms with E-state index in [0.29, 0.717) is 13.2 Å². The van der Waals surface area contributed by atoms with Gasteiger partial charge in [-0.2, -0.15) is 0 Å². The Morgan fingerprint density at radius 3 is 2.00 bits per heavy atom. The highest BCUT2D eigenvalue weighted by Crippen LogP contribution is 2.60. The molecule has 0 heterocycles. The summed E-state index contributed by atoms with van der Waals surface area (Å²) in [5, 5.41) is 0. The van der Waals surface area contributed by atoms with Gasteiger partial charge in [0.25, 0.3) is 0 Å². The maximum Gasteiger partial charge on any atom is 0.211 e. The maximum absolute atomic E-state index is 12.7. The molecule has 0 aromatic heterocycles. The average Bonchev–Trinajstić information content (AvgIpc) is 2.51. The zero-order chi connectivity index (χ0) is 19.3. The molecule has 144 valence electrons. The molecule has 25 heavy (non-hydrogen) atoms. The van der Waals surface area contributed by atoms with Crippen molar-refractivity contribution in [2.75, 3.05) is 32.2 Å². The molecule has 2 atom stereocenters. The van der Waals surface area contributed by atoms with E-state index in [1.54, 1.807) is 0 Å². The van der Waals surface area contributed by atoms with Crippen LogP contribution in [0.25, 0.3) is 0 Å². The van der Waals surface area contributed by atoms with Gasteiger partial charge in [0.15, 0.2) is 0 Å². The lowest BCUT2D eigenvalue weighted by atomic mass is 10.2. The van der Waals surface area contributed by atoms with Crippen LogP contribution in [0.15, 0.2) is 24.3 Å². The largest absolute Gasteiger partial charge is 0.378 e. The lowest BCUT2D eigenvalue weighted by Crippen LogP contribution is -2.36. The quantitative estimate of drug-likeness (QED) is 0.624. The molecule has 1 aromatic carbocycles. The summed E-state index contributed by atoms with van der Waals surface area (Å²) in [6.07, 6.45) is 0. The van der Waals surface area contributed by atoms with Gasteiger partial charge in [0, 0.05) is 19.8 Å². The zero-order valence-corrected chi connectivity index (χ0v) is 18.8. The van der Waals surface area contributed by atoms with E-state index < -0.39 is 28.0 Å². The summed E-state index contributed by atoms with van der Waals surface area (Å²) in [4.78, 5) is 2.03. The predicted molar refractivity (Wildman–Crippen MR) is 112 cm³/mol. The van der Waals surface area contributed by atoms with Gasteiger partial charge in [-0.1, -0.05) is 12.1 Å². The molecular formula is C17H31N2O3PS2. The highest BCUT2D eigenvalue weighted by Gasteiger charge is 2.35. The first-order valence-corrected chi connectivity index (χ1v) is 12.2. The van der Waals surface area contributed by atoms with E-state index in [-0.39, 0.29) is 0 Å². The molecule has 0 bridgehead atoms. The average molecular weight is 407 g/mol. The molecule has 0 aliphatic rings. The summed E-state index contributed by atoms with van der Waals surface area (Å²) in [6, 6.07) is 8.01. The van der Waals surface area contributed by atoms with E-state index in [0.717, 1.165) is 11.3 Å². The second kappa shape index (κ2) is 9.58. The van der Waals surface area contributed by atoms with Crippen molar-refractivity contribution in [3.05, 3.63) is 29.8 Å². The molecular weight excluding hydrogens is 375 g/mol. The SMILES string of the molecule is CCOP(=S)(OCC)[C@@H](NS(=O)C(C)(C)C)c1ccc(N(C)C)cc1. The van der Waals surface area contributed by atoms with Gasteiger partial charge < -0.3 is 13.9 Å². The lowest BCUT2D eigenvalue weighted by Gasteiger charge is -2.32. The minimum absolute atomic E-state index is 0.416. The number of nitrogens with one attached hydrogen (secondary N) is 1. The van der Waals surface area contributed by atoms with Crippen LogP contribution in [0.4, 0.5) is 5.69 Å². The first kappa shape index (κ1) is 22.7. The van der Waals surface area contributed by atoms with Crippen LogP contribution >= 0.6 is 6.49 Å². The third kappa shape index (κ3) is 6.42. The first-order valence-electron chi connectivity index (χ1n) is 8.39. The topological polar surface area (TPSA) is 50.8 Å². The van der Waals surface area contributed by atoms with E-state index in [9.17, 15) is 4.21 Å². The van der Waals surface area contributed by atoms with Crippen LogP contribution in [0.3, 0.4) is 0 Å². The van der Waals surface area contributed by atoms with Crippen molar-refractivity contribution >= 4 is 35.0 Å². The first-order chi connectivity index (χ1) is 11.5. The second-order valence-electron chi connectivity index (χ2n) is 6.76. The minimum atomic E-state index is -2.70. The Hall–Kier alpha value is -0.300. The van der Waals surface area contributed by atoms with Crippen LogP contribution in [-0.4, -0.2) is 36.3 Å². The van der Waals surface area contributed by atoms with Crippen molar-refractivity contribution in [3.8, 4) is 0 Å². The Balaban J connectivity index is 3.30. The van der Waals surface area contributed by atoms with Crippen LogP contribution in [0.2, 0.25) is 0 Å². The third-order valence-corrected chi connectivity index (χ3v) is 8.73. The van der Waals surface area contributed by atoms with E-state index in [1.165, 1.54) is 0 Å². The smallest absolute Gasteiger partial charge is 0.211 e. The number of nitrogens with zero attached hydrogens (tertiary/aromatic N) is 1. The molecule has 0 aliphatic carbocycles. The summed E-state index contributed by atoms with van der Waals surface area (Å²) < 4.78 is 27.2. The van der Waals surface area contributed by atoms with Gasteiger partial charge in [0.1, 0.15) is 5.78 Å². The highest BCUT2D eigenvalue weighted by atomic mass is 32.5. The van der Waals surface area contributed by atoms with Crippen LogP contribution in [0.1, 0.15) is 46.0 Å². The highest BCUT2D eigenvalue weighted by molar-refractivity contribution is 8.10. The number of rotatable bonds is 9. The van der Waals surface area contributed by atoms with Gasteiger partial charge in [0.2, 0.25) is 6.49 Å². The van der Waals surface area contributed by atoms with Crippen molar-refractivity contribution in [2.24, 2.45) is 0 Å². The Kier molecular flexibility index (Phi) is 8.72. The molecule has 0 amide bonds. The number of hydrogen-bond acceptors (Lipinski definition) is 5. The molecule has 0 saturated heterocycles. The fraction of sp³-hybridized carbons (Fsp3) is 0.647. The van der Waals surface area contributed by atoms with Crippen molar-refractivity contribution in [2.45, 2.75) is 45.1 Å². The molecule has 0 aliphatic heterocycles. The van der Waals surface area contributed by atoms with Crippen LogP contribution in [0, 0.1) is 0 Å². The van der Waals surface area contributed by atoms with Gasteiger partial charge in [-0.05, 0) is 64.1 Å². The molecule has 0 saturated carbocycles. The summed E-state index contributed by atoms with van der Waals surface area (Å²) in [6.45, 7) is 7.77. The van der Waals surface area contributed by atoms with E-state index in [4.69, 9.17) is 20.9 Å². The van der Waals surface area contributed by atoms with Crippen molar-refractivity contribution < 1.29 is 13.3 Å². The Morgan fingerprint density at radius 2 is 1.64 bits per heavy atom. The van der Waals surface area contributed by atoms with Crippen LogP contribution < -0.4 is 9.62 Å². The molecule has 8 heteroatoms. The summed E-state index contributed by atoms with van der Waals surface area (Å²) >= 11 is 5.79. The van der Waals surface area contributed by atoms with Gasteiger partial charge in [-0.15, -0.1) is 0 Å². The van der Waals surface area contributed by atoms with Gasteiger partial charge >= 0.3 is 0 Å². The lowest BCUT2D eigenvalue weighted by molar-refractivity contribution is 0.258. The van der Waals surface area contributed by atoms with Crippen molar-refractivity contribution in [3.63, 3.8) is 0 Å². The van der Waals surface area contributed by atoms with Gasteiger partial charge in [-0.3, -0.25) is 0 Å². The molecule has 1 rings (SSSR count). The Bertz CT molecular complexity index is 605.